The molecule has 0 spiro atoms. The Labute approximate surface area is 150 Å². The third-order valence-electron chi connectivity index (χ3n) is 4.04. The molecule has 9 heteroatoms. The van der Waals surface area contributed by atoms with E-state index in [9.17, 15) is 18.0 Å². The van der Waals surface area contributed by atoms with Crippen molar-refractivity contribution in [1.29, 1.82) is 0 Å². The van der Waals surface area contributed by atoms with Crippen LogP contribution in [-0.4, -0.2) is 20.6 Å². The number of aromatic nitrogens is 3. The van der Waals surface area contributed by atoms with Gasteiger partial charge in [0.25, 0.3) is 0 Å². The zero-order valence-corrected chi connectivity index (χ0v) is 14.0. The van der Waals surface area contributed by atoms with E-state index in [1.165, 1.54) is 12.1 Å². The number of pyridine rings is 1. The van der Waals surface area contributed by atoms with Crippen LogP contribution in [0.5, 0.6) is 0 Å². The molecule has 0 radical (unpaired) electrons. The Morgan fingerprint density at radius 3 is 2.50 bits per heavy atom. The molecule has 2 aromatic heterocycles. The molecule has 2 heterocycles. The molecule has 0 aliphatic heterocycles. The maximum absolute atomic E-state index is 13.1. The van der Waals surface area contributed by atoms with E-state index in [0.29, 0.717) is 5.39 Å². The second kappa shape index (κ2) is 5.98. The van der Waals surface area contributed by atoms with Crippen molar-refractivity contribution in [2.24, 2.45) is 0 Å². The van der Waals surface area contributed by atoms with Crippen LogP contribution in [0.15, 0.2) is 41.2 Å². The van der Waals surface area contributed by atoms with Crippen LogP contribution in [0.3, 0.4) is 0 Å². The lowest BCUT2D eigenvalue weighted by molar-refractivity contribution is -0.141. The van der Waals surface area contributed by atoms with Crippen LogP contribution in [0, 0.1) is 0 Å². The van der Waals surface area contributed by atoms with Gasteiger partial charge in [0.1, 0.15) is 11.5 Å². The number of halogens is 4. The summed E-state index contributed by atoms with van der Waals surface area (Å²) < 4.78 is 40.4. The van der Waals surface area contributed by atoms with Gasteiger partial charge in [-0.2, -0.15) is 18.2 Å². The SMILES string of the molecule is O=c1nc(NC2CC2)c2ccc(C(F)(F)F)nc2n1-c1ccccc1Cl. The Kier molecular flexibility index (Phi) is 3.87. The first-order valence-electron chi connectivity index (χ1n) is 7.87. The van der Waals surface area contributed by atoms with E-state index in [2.05, 4.69) is 15.3 Å². The molecule has 3 aromatic rings. The lowest BCUT2D eigenvalue weighted by atomic mass is 10.2. The molecule has 1 aliphatic rings. The van der Waals surface area contributed by atoms with Crippen molar-refractivity contribution < 1.29 is 13.2 Å². The topological polar surface area (TPSA) is 59.8 Å². The average Bonchev–Trinajstić information content (AvgIpc) is 3.39. The number of alkyl halides is 3. The van der Waals surface area contributed by atoms with E-state index in [-0.39, 0.29) is 28.2 Å². The molecule has 1 fully saturated rings. The molecule has 26 heavy (non-hydrogen) atoms. The van der Waals surface area contributed by atoms with Gasteiger partial charge in [-0.3, -0.25) is 0 Å². The molecule has 1 N–H and O–H groups in total. The van der Waals surface area contributed by atoms with E-state index in [0.717, 1.165) is 23.5 Å². The van der Waals surface area contributed by atoms with Crippen LogP contribution < -0.4 is 11.0 Å². The summed E-state index contributed by atoms with van der Waals surface area (Å²) in [5, 5.41) is 3.60. The fourth-order valence-corrected chi connectivity index (χ4v) is 2.86. The van der Waals surface area contributed by atoms with Crippen LogP contribution in [-0.2, 0) is 6.18 Å². The number of anilines is 1. The molecular weight excluding hydrogens is 369 g/mol. The van der Waals surface area contributed by atoms with Crippen LogP contribution >= 0.6 is 11.6 Å². The highest BCUT2D eigenvalue weighted by Gasteiger charge is 2.33. The maximum Gasteiger partial charge on any atom is 0.433 e. The molecule has 0 bridgehead atoms. The number of nitrogens with zero attached hydrogens (tertiary/aromatic N) is 3. The van der Waals surface area contributed by atoms with E-state index >= 15 is 0 Å². The first-order chi connectivity index (χ1) is 12.3. The zero-order valence-electron chi connectivity index (χ0n) is 13.2. The second-order valence-corrected chi connectivity index (χ2v) is 6.42. The van der Waals surface area contributed by atoms with Crippen molar-refractivity contribution in [3.05, 3.63) is 57.6 Å². The number of para-hydroxylation sites is 1. The molecule has 1 aliphatic carbocycles. The Hall–Kier alpha value is -2.61. The second-order valence-electron chi connectivity index (χ2n) is 6.01. The monoisotopic (exact) mass is 380 g/mol. The third kappa shape index (κ3) is 3.01. The number of benzene rings is 1. The number of fused-ring (bicyclic) bond motifs is 1. The summed E-state index contributed by atoms with van der Waals surface area (Å²) in [6, 6.07) is 8.68. The minimum Gasteiger partial charge on any atom is -0.367 e. The summed E-state index contributed by atoms with van der Waals surface area (Å²) in [6.45, 7) is 0. The summed E-state index contributed by atoms with van der Waals surface area (Å²) in [4.78, 5) is 20.3. The smallest absolute Gasteiger partial charge is 0.367 e. The van der Waals surface area contributed by atoms with Crippen LogP contribution in [0.1, 0.15) is 18.5 Å². The normalized spacial score (nSPS) is 14.6. The lowest BCUT2D eigenvalue weighted by Crippen LogP contribution is -2.25. The summed E-state index contributed by atoms with van der Waals surface area (Å²) >= 11 is 6.14. The predicted molar refractivity (Wildman–Crippen MR) is 91.8 cm³/mol. The Morgan fingerprint density at radius 2 is 1.85 bits per heavy atom. The number of hydrogen-bond acceptors (Lipinski definition) is 4. The minimum absolute atomic E-state index is 0.143. The standard InChI is InChI=1S/C17H12ClF3N4O/c18-11-3-1-2-4-12(11)25-15-10(7-8-13(23-15)17(19,20)21)14(24-16(25)26)22-9-5-6-9/h1-4,7-9H,5-6H2,(H,22,24,26). The summed E-state index contributed by atoms with van der Waals surface area (Å²) in [7, 11) is 0. The van der Waals surface area contributed by atoms with Gasteiger partial charge in [-0.15, -0.1) is 0 Å². The molecule has 0 atom stereocenters. The molecule has 0 unspecified atom stereocenters. The van der Waals surface area contributed by atoms with Gasteiger partial charge >= 0.3 is 11.9 Å². The third-order valence-corrected chi connectivity index (χ3v) is 4.36. The Bertz CT molecular complexity index is 1060. The van der Waals surface area contributed by atoms with Crippen LogP contribution in [0.25, 0.3) is 16.7 Å². The largest absolute Gasteiger partial charge is 0.433 e. The van der Waals surface area contributed by atoms with Crippen LogP contribution in [0.4, 0.5) is 19.0 Å². The Balaban J connectivity index is 2.05. The highest BCUT2D eigenvalue weighted by Crippen LogP contribution is 2.32. The summed E-state index contributed by atoms with van der Waals surface area (Å²) in [5.41, 5.74) is -1.76. The van der Waals surface area contributed by atoms with Gasteiger partial charge in [-0.05, 0) is 37.1 Å². The van der Waals surface area contributed by atoms with Gasteiger partial charge in [-0.1, -0.05) is 23.7 Å². The highest BCUT2D eigenvalue weighted by molar-refractivity contribution is 6.32. The molecule has 1 aromatic carbocycles. The fourth-order valence-electron chi connectivity index (χ4n) is 2.64. The molecule has 4 rings (SSSR count). The van der Waals surface area contributed by atoms with Gasteiger partial charge in [0.2, 0.25) is 0 Å². The van der Waals surface area contributed by atoms with Crippen molar-refractivity contribution in [1.82, 2.24) is 14.5 Å². The van der Waals surface area contributed by atoms with Crippen molar-refractivity contribution in [3.8, 4) is 5.69 Å². The summed E-state index contributed by atoms with van der Waals surface area (Å²) in [5.74, 6) is 0.233. The molecule has 0 saturated heterocycles. The van der Waals surface area contributed by atoms with Gasteiger partial charge in [0.15, 0.2) is 5.65 Å². The highest BCUT2D eigenvalue weighted by atomic mass is 35.5. The van der Waals surface area contributed by atoms with Crippen molar-refractivity contribution in [3.63, 3.8) is 0 Å². The molecule has 134 valence electrons. The average molecular weight is 381 g/mol. The van der Waals surface area contributed by atoms with Gasteiger partial charge < -0.3 is 5.32 Å². The quantitative estimate of drug-likeness (QED) is 0.745. The molecule has 0 amide bonds. The van der Waals surface area contributed by atoms with Gasteiger partial charge in [0, 0.05) is 6.04 Å². The van der Waals surface area contributed by atoms with E-state index in [1.807, 2.05) is 0 Å². The molecule has 1 saturated carbocycles. The van der Waals surface area contributed by atoms with E-state index in [4.69, 9.17) is 11.6 Å². The lowest BCUT2D eigenvalue weighted by Gasteiger charge is -2.15. The first kappa shape index (κ1) is 16.8. The van der Waals surface area contributed by atoms with Gasteiger partial charge in [-0.25, -0.2) is 14.3 Å². The van der Waals surface area contributed by atoms with Crippen LogP contribution in [0.2, 0.25) is 5.02 Å². The van der Waals surface area contributed by atoms with E-state index in [1.54, 1.807) is 18.2 Å². The first-order valence-corrected chi connectivity index (χ1v) is 8.25. The molecular formula is C17H12ClF3N4O. The maximum atomic E-state index is 13.1. The minimum atomic E-state index is -4.64. The molecule has 5 nitrogen and oxygen atoms in total. The van der Waals surface area contributed by atoms with Crippen molar-refractivity contribution >= 4 is 28.5 Å². The predicted octanol–water partition coefficient (Wildman–Crippen LogP) is 4.03. The van der Waals surface area contributed by atoms with E-state index < -0.39 is 17.6 Å². The number of nitrogens with one attached hydrogen (secondary N) is 1. The van der Waals surface area contributed by atoms with Crippen molar-refractivity contribution in [2.75, 3.05) is 5.32 Å². The number of rotatable bonds is 3. The number of hydrogen-bond donors (Lipinski definition) is 1. The van der Waals surface area contributed by atoms with Gasteiger partial charge in [0.05, 0.1) is 16.1 Å². The zero-order chi connectivity index (χ0) is 18.5. The Morgan fingerprint density at radius 1 is 1.12 bits per heavy atom. The summed E-state index contributed by atoms with van der Waals surface area (Å²) in [6.07, 6.45) is -2.79. The van der Waals surface area contributed by atoms with Crippen molar-refractivity contribution in [2.45, 2.75) is 25.1 Å². The fraction of sp³-hybridized carbons (Fsp3) is 0.235.